The molecule has 4 heteroatoms. The topological polar surface area (TPSA) is 49.6 Å². The van der Waals surface area contributed by atoms with Crippen molar-refractivity contribution < 1.29 is 4.79 Å². The first-order valence-corrected chi connectivity index (χ1v) is 8.02. The number of nitrogens with two attached hydrogens (primary N) is 1. The second-order valence-corrected chi connectivity index (χ2v) is 6.45. The van der Waals surface area contributed by atoms with Crippen LogP contribution < -0.4 is 5.73 Å². The number of fused-ring (bicyclic) bond motifs is 1. The van der Waals surface area contributed by atoms with E-state index in [1.54, 1.807) is 0 Å². The molecule has 0 aromatic carbocycles. The van der Waals surface area contributed by atoms with Crippen molar-refractivity contribution in [3.8, 4) is 0 Å². The van der Waals surface area contributed by atoms with Crippen LogP contribution in [0, 0.1) is 17.8 Å². The molecule has 19 heavy (non-hydrogen) atoms. The molecule has 3 aliphatic rings. The minimum absolute atomic E-state index is 0.407. The summed E-state index contributed by atoms with van der Waals surface area (Å²) >= 11 is 0. The lowest BCUT2D eigenvalue weighted by Crippen LogP contribution is -2.37. The Balaban J connectivity index is 1.48. The number of amides is 1. The monoisotopic (exact) mass is 265 g/mol. The van der Waals surface area contributed by atoms with Crippen molar-refractivity contribution in [1.82, 2.24) is 9.80 Å². The third-order valence-corrected chi connectivity index (χ3v) is 5.27. The second-order valence-electron chi connectivity index (χ2n) is 6.45. The SMILES string of the molecule is NCCCN1CCCN(C(=O)C2C3CCCC32)CC1. The lowest BCUT2D eigenvalue weighted by Gasteiger charge is -2.22. The van der Waals surface area contributed by atoms with Crippen molar-refractivity contribution in [2.24, 2.45) is 23.5 Å². The molecule has 0 aromatic rings. The van der Waals surface area contributed by atoms with Crippen LogP contribution in [0.3, 0.4) is 0 Å². The van der Waals surface area contributed by atoms with Crippen LogP contribution >= 0.6 is 0 Å². The highest BCUT2D eigenvalue weighted by Gasteiger charge is 2.57. The quantitative estimate of drug-likeness (QED) is 0.822. The van der Waals surface area contributed by atoms with E-state index >= 15 is 0 Å². The maximum Gasteiger partial charge on any atom is 0.226 e. The highest BCUT2D eigenvalue weighted by atomic mass is 16.2. The molecule has 1 aliphatic heterocycles. The lowest BCUT2D eigenvalue weighted by atomic mass is 10.1. The average Bonchev–Trinajstić information content (AvgIpc) is 3.01. The molecule has 3 fully saturated rings. The standard InChI is InChI=1S/C15H27N3O/c16-6-2-7-17-8-3-9-18(11-10-17)15(19)14-12-4-1-5-13(12)14/h12-14H,1-11,16H2. The second kappa shape index (κ2) is 5.80. The van der Waals surface area contributed by atoms with Gasteiger partial charge >= 0.3 is 0 Å². The molecule has 1 amide bonds. The van der Waals surface area contributed by atoms with E-state index in [1.165, 1.54) is 19.3 Å². The Kier molecular flexibility index (Phi) is 4.08. The maximum absolute atomic E-state index is 12.5. The highest BCUT2D eigenvalue weighted by molar-refractivity contribution is 5.82. The molecule has 1 saturated heterocycles. The van der Waals surface area contributed by atoms with Crippen molar-refractivity contribution >= 4 is 5.91 Å². The summed E-state index contributed by atoms with van der Waals surface area (Å²) in [5, 5.41) is 0. The fourth-order valence-electron chi connectivity index (χ4n) is 4.13. The first kappa shape index (κ1) is 13.4. The zero-order valence-corrected chi connectivity index (χ0v) is 11.9. The number of carbonyl (C=O) groups excluding carboxylic acids is 1. The highest BCUT2D eigenvalue weighted by Crippen LogP contribution is 2.58. The van der Waals surface area contributed by atoms with Gasteiger partial charge in [0, 0.05) is 25.6 Å². The largest absolute Gasteiger partial charge is 0.341 e. The van der Waals surface area contributed by atoms with E-state index in [9.17, 15) is 4.79 Å². The smallest absolute Gasteiger partial charge is 0.226 e. The molecule has 1 heterocycles. The molecule has 108 valence electrons. The number of hydrogen-bond donors (Lipinski definition) is 1. The molecule has 0 bridgehead atoms. The summed E-state index contributed by atoms with van der Waals surface area (Å²) in [5.74, 6) is 2.38. The zero-order valence-electron chi connectivity index (χ0n) is 11.9. The minimum Gasteiger partial charge on any atom is -0.341 e. The summed E-state index contributed by atoms with van der Waals surface area (Å²) in [6.45, 7) is 5.92. The first-order chi connectivity index (χ1) is 9.31. The molecule has 0 radical (unpaired) electrons. The van der Waals surface area contributed by atoms with E-state index in [-0.39, 0.29) is 0 Å². The van der Waals surface area contributed by atoms with E-state index in [1.807, 2.05) is 0 Å². The van der Waals surface area contributed by atoms with Gasteiger partial charge in [-0.2, -0.15) is 0 Å². The molecule has 4 nitrogen and oxygen atoms in total. The molecule has 2 saturated carbocycles. The van der Waals surface area contributed by atoms with Crippen molar-refractivity contribution in [2.75, 3.05) is 39.3 Å². The molecule has 2 N–H and O–H groups in total. The van der Waals surface area contributed by atoms with Gasteiger partial charge in [0.05, 0.1) is 0 Å². The van der Waals surface area contributed by atoms with Crippen LogP contribution in [0.25, 0.3) is 0 Å². The Morgan fingerprint density at radius 2 is 1.84 bits per heavy atom. The van der Waals surface area contributed by atoms with Gasteiger partial charge in [0.1, 0.15) is 0 Å². The summed E-state index contributed by atoms with van der Waals surface area (Å²) in [6.07, 6.45) is 6.15. The van der Waals surface area contributed by atoms with Gasteiger partial charge in [-0.1, -0.05) is 6.42 Å². The molecule has 2 aliphatic carbocycles. The van der Waals surface area contributed by atoms with E-state index in [0.717, 1.165) is 63.9 Å². The average molecular weight is 265 g/mol. The van der Waals surface area contributed by atoms with Gasteiger partial charge in [-0.25, -0.2) is 0 Å². The van der Waals surface area contributed by atoms with E-state index in [0.29, 0.717) is 11.8 Å². The summed E-state index contributed by atoms with van der Waals surface area (Å²) in [7, 11) is 0. The van der Waals surface area contributed by atoms with Gasteiger partial charge in [-0.05, 0) is 57.2 Å². The molecule has 2 atom stereocenters. The normalized spacial score (nSPS) is 35.0. The van der Waals surface area contributed by atoms with Crippen LogP contribution in [0.1, 0.15) is 32.1 Å². The Bertz CT molecular complexity index is 323. The van der Waals surface area contributed by atoms with Crippen LogP contribution in [-0.4, -0.2) is 55.0 Å². The molecular weight excluding hydrogens is 238 g/mol. The van der Waals surface area contributed by atoms with Gasteiger partial charge in [-0.15, -0.1) is 0 Å². The number of rotatable bonds is 4. The Morgan fingerprint density at radius 3 is 2.58 bits per heavy atom. The van der Waals surface area contributed by atoms with Crippen LogP contribution in [-0.2, 0) is 4.79 Å². The van der Waals surface area contributed by atoms with Crippen molar-refractivity contribution in [2.45, 2.75) is 32.1 Å². The van der Waals surface area contributed by atoms with Gasteiger partial charge in [0.25, 0.3) is 0 Å². The Morgan fingerprint density at radius 1 is 1.05 bits per heavy atom. The fraction of sp³-hybridized carbons (Fsp3) is 0.933. The number of carbonyl (C=O) groups is 1. The van der Waals surface area contributed by atoms with Crippen LogP contribution in [0.5, 0.6) is 0 Å². The van der Waals surface area contributed by atoms with E-state index in [2.05, 4.69) is 9.80 Å². The molecule has 2 unspecified atom stereocenters. The zero-order chi connectivity index (χ0) is 13.2. The third-order valence-electron chi connectivity index (χ3n) is 5.27. The van der Waals surface area contributed by atoms with E-state index in [4.69, 9.17) is 5.73 Å². The molecular formula is C15H27N3O. The lowest BCUT2D eigenvalue weighted by molar-refractivity contribution is -0.133. The summed E-state index contributed by atoms with van der Waals surface area (Å²) in [4.78, 5) is 17.1. The number of nitrogens with zero attached hydrogens (tertiary/aromatic N) is 2. The maximum atomic E-state index is 12.5. The van der Waals surface area contributed by atoms with Gasteiger partial charge in [-0.3, -0.25) is 4.79 Å². The third kappa shape index (κ3) is 2.79. The van der Waals surface area contributed by atoms with Gasteiger partial charge in [0.15, 0.2) is 0 Å². The summed E-state index contributed by atoms with van der Waals surface area (Å²) in [6, 6.07) is 0. The van der Waals surface area contributed by atoms with Crippen LogP contribution in [0.4, 0.5) is 0 Å². The Hall–Kier alpha value is -0.610. The number of hydrogen-bond acceptors (Lipinski definition) is 3. The van der Waals surface area contributed by atoms with Gasteiger partial charge < -0.3 is 15.5 Å². The predicted octanol–water partition coefficient (Wildman–Crippen LogP) is 0.916. The van der Waals surface area contributed by atoms with Crippen molar-refractivity contribution in [1.29, 1.82) is 0 Å². The van der Waals surface area contributed by atoms with Crippen LogP contribution in [0.2, 0.25) is 0 Å². The van der Waals surface area contributed by atoms with Crippen molar-refractivity contribution in [3.05, 3.63) is 0 Å². The van der Waals surface area contributed by atoms with E-state index < -0.39 is 0 Å². The predicted molar refractivity (Wildman–Crippen MR) is 75.6 cm³/mol. The van der Waals surface area contributed by atoms with Gasteiger partial charge in [0.2, 0.25) is 5.91 Å². The van der Waals surface area contributed by atoms with Crippen molar-refractivity contribution in [3.63, 3.8) is 0 Å². The molecule has 0 spiro atoms. The Labute approximate surface area is 116 Å². The first-order valence-electron chi connectivity index (χ1n) is 8.02. The summed E-state index contributed by atoms with van der Waals surface area (Å²) in [5.41, 5.74) is 5.57. The summed E-state index contributed by atoms with van der Waals surface area (Å²) < 4.78 is 0. The molecule has 3 rings (SSSR count). The van der Waals surface area contributed by atoms with Crippen LogP contribution in [0.15, 0.2) is 0 Å². The molecule has 0 aromatic heterocycles. The fourth-order valence-corrected chi connectivity index (χ4v) is 4.13. The minimum atomic E-state index is 0.407.